The number of fused-ring (bicyclic) bond motifs is 3. The van der Waals surface area contributed by atoms with Crippen molar-refractivity contribution in [1.82, 2.24) is 14.9 Å². The maximum atomic E-state index is 12.7. The number of pyridine rings is 1. The molecule has 172 valence electrons. The van der Waals surface area contributed by atoms with Gasteiger partial charge in [0, 0.05) is 71.3 Å². The van der Waals surface area contributed by atoms with Crippen molar-refractivity contribution in [3.05, 3.63) is 76.1 Å². The van der Waals surface area contributed by atoms with Crippen LogP contribution in [0.25, 0.3) is 21.8 Å². The van der Waals surface area contributed by atoms with Gasteiger partial charge in [-0.25, -0.2) is 0 Å². The Morgan fingerprint density at radius 3 is 2.59 bits per heavy atom. The number of rotatable bonds is 4. The number of aromatic nitrogens is 2. The van der Waals surface area contributed by atoms with Crippen LogP contribution >= 0.6 is 0 Å². The molecule has 0 spiro atoms. The molecule has 1 fully saturated rings. The minimum atomic E-state index is -0.523. The van der Waals surface area contributed by atoms with Crippen molar-refractivity contribution in [2.24, 2.45) is 0 Å². The summed E-state index contributed by atoms with van der Waals surface area (Å²) in [7, 11) is 0. The highest BCUT2D eigenvalue weighted by Gasteiger charge is 2.23. The van der Waals surface area contributed by atoms with Gasteiger partial charge in [-0.1, -0.05) is 6.07 Å². The van der Waals surface area contributed by atoms with E-state index in [9.17, 15) is 19.7 Å². The number of likely N-dealkylation sites (tertiary alicyclic amines) is 1. The number of aromatic amines is 1. The summed E-state index contributed by atoms with van der Waals surface area (Å²) in [4.78, 5) is 44.7. The molecule has 2 amide bonds. The van der Waals surface area contributed by atoms with E-state index in [1.165, 1.54) is 18.2 Å². The lowest BCUT2D eigenvalue weighted by molar-refractivity contribution is -0.384. The number of nitrogens with one attached hydrogen (secondary N) is 2. The Kier molecular flexibility index (Phi) is 5.45. The summed E-state index contributed by atoms with van der Waals surface area (Å²) in [6, 6.07) is 13.3. The molecule has 2 N–H and O–H groups in total. The fraction of sp³-hybridized carbons (Fsp3) is 0.240. The third-order valence-electron chi connectivity index (χ3n) is 6.44. The molecule has 0 atom stereocenters. The summed E-state index contributed by atoms with van der Waals surface area (Å²) < 4.78 is 0. The fourth-order valence-electron chi connectivity index (χ4n) is 4.57. The quantitative estimate of drug-likeness (QED) is 0.343. The SMILES string of the molecule is CC(=O)N1CCC(c2cc3c(cn2)[nH]c2ccc(NC(=O)c4cccc([N+](=O)[O-])c4)cc23)CC1. The van der Waals surface area contributed by atoms with E-state index in [1.807, 2.05) is 23.2 Å². The van der Waals surface area contributed by atoms with Crippen molar-refractivity contribution in [3.63, 3.8) is 0 Å². The lowest BCUT2D eigenvalue weighted by atomic mass is 9.92. The van der Waals surface area contributed by atoms with Gasteiger partial charge in [-0.05, 0) is 43.2 Å². The van der Waals surface area contributed by atoms with Gasteiger partial charge in [0.05, 0.1) is 16.6 Å². The Balaban J connectivity index is 1.42. The number of nitrogens with zero attached hydrogens (tertiary/aromatic N) is 3. The average Bonchev–Trinajstić information content (AvgIpc) is 3.21. The molecule has 1 aliphatic rings. The van der Waals surface area contributed by atoms with E-state index >= 15 is 0 Å². The molecule has 1 aliphatic heterocycles. The molecule has 2 aromatic carbocycles. The first-order chi connectivity index (χ1) is 16.4. The van der Waals surface area contributed by atoms with E-state index < -0.39 is 10.8 Å². The maximum Gasteiger partial charge on any atom is 0.270 e. The number of piperidine rings is 1. The zero-order valence-corrected chi connectivity index (χ0v) is 18.6. The summed E-state index contributed by atoms with van der Waals surface area (Å²) in [5.74, 6) is -0.0117. The number of non-ortho nitro benzene ring substituents is 1. The van der Waals surface area contributed by atoms with E-state index in [0.717, 1.165) is 53.4 Å². The Morgan fingerprint density at radius 2 is 1.85 bits per heavy atom. The number of nitro benzene ring substituents is 1. The van der Waals surface area contributed by atoms with Crippen LogP contribution in [0.2, 0.25) is 0 Å². The first kappa shape index (κ1) is 21.6. The van der Waals surface area contributed by atoms with Crippen LogP contribution in [0.4, 0.5) is 11.4 Å². The number of carbonyl (C=O) groups is 2. The molecule has 0 aliphatic carbocycles. The topological polar surface area (TPSA) is 121 Å². The molecular weight excluding hydrogens is 434 g/mol. The van der Waals surface area contributed by atoms with Gasteiger partial charge in [-0.2, -0.15) is 0 Å². The van der Waals surface area contributed by atoms with Gasteiger partial charge in [-0.3, -0.25) is 24.7 Å². The van der Waals surface area contributed by atoms with E-state index in [2.05, 4.69) is 21.4 Å². The van der Waals surface area contributed by atoms with Crippen molar-refractivity contribution >= 4 is 45.0 Å². The first-order valence-electron chi connectivity index (χ1n) is 11.1. The minimum absolute atomic E-state index is 0.109. The van der Waals surface area contributed by atoms with Crippen molar-refractivity contribution in [3.8, 4) is 0 Å². The number of hydrogen-bond acceptors (Lipinski definition) is 5. The van der Waals surface area contributed by atoms with Gasteiger partial charge in [0.15, 0.2) is 0 Å². The van der Waals surface area contributed by atoms with Gasteiger partial charge >= 0.3 is 0 Å². The zero-order chi connectivity index (χ0) is 23.8. The third-order valence-corrected chi connectivity index (χ3v) is 6.44. The molecule has 5 rings (SSSR count). The molecule has 9 heteroatoms. The number of carbonyl (C=O) groups excluding carboxylic acids is 2. The van der Waals surface area contributed by atoms with Crippen molar-refractivity contribution < 1.29 is 14.5 Å². The number of hydrogen-bond donors (Lipinski definition) is 2. The van der Waals surface area contributed by atoms with Gasteiger partial charge in [0.1, 0.15) is 0 Å². The van der Waals surface area contributed by atoms with Crippen molar-refractivity contribution in [2.75, 3.05) is 18.4 Å². The van der Waals surface area contributed by atoms with Crippen molar-refractivity contribution in [1.29, 1.82) is 0 Å². The van der Waals surface area contributed by atoms with Crippen LogP contribution in [0.1, 0.15) is 41.7 Å². The molecule has 1 saturated heterocycles. The normalized spacial score (nSPS) is 14.4. The molecular formula is C25H23N5O4. The molecule has 4 aromatic rings. The third kappa shape index (κ3) is 4.07. The summed E-state index contributed by atoms with van der Waals surface area (Å²) in [5.41, 5.74) is 3.52. The molecule has 9 nitrogen and oxygen atoms in total. The van der Waals surface area contributed by atoms with Crippen LogP contribution in [0, 0.1) is 10.1 Å². The lowest BCUT2D eigenvalue weighted by Gasteiger charge is -2.31. The van der Waals surface area contributed by atoms with Crippen LogP contribution in [0.5, 0.6) is 0 Å². The Morgan fingerprint density at radius 1 is 1.09 bits per heavy atom. The molecule has 0 radical (unpaired) electrons. The molecule has 2 aromatic heterocycles. The van der Waals surface area contributed by atoms with E-state index in [4.69, 9.17) is 0 Å². The predicted molar refractivity (Wildman–Crippen MR) is 129 cm³/mol. The molecule has 34 heavy (non-hydrogen) atoms. The first-order valence-corrected chi connectivity index (χ1v) is 11.1. The summed E-state index contributed by atoms with van der Waals surface area (Å²) in [5, 5.41) is 15.8. The second kappa shape index (κ2) is 8.58. The van der Waals surface area contributed by atoms with Gasteiger partial charge in [0.2, 0.25) is 5.91 Å². The molecule has 3 heterocycles. The maximum absolute atomic E-state index is 12.7. The molecule has 0 saturated carbocycles. The van der Waals surface area contributed by atoms with Gasteiger partial charge in [-0.15, -0.1) is 0 Å². The molecule has 0 unspecified atom stereocenters. The summed E-state index contributed by atoms with van der Waals surface area (Å²) >= 11 is 0. The Labute approximate surface area is 194 Å². The largest absolute Gasteiger partial charge is 0.353 e. The smallest absolute Gasteiger partial charge is 0.270 e. The number of nitro groups is 1. The lowest BCUT2D eigenvalue weighted by Crippen LogP contribution is -2.36. The van der Waals surface area contributed by atoms with Crippen LogP contribution in [-0.4, -0.2) is 44.7 Å². The van der Waals surface area contributed by atoms with Crippen LogP contribution in [0.15, 0.2) is 54.7 Å². The highest BCUT2D eigenvalue weighted by Crippen LogP contribution is 2.32. The standard InChI is InChI=1S/C25H23N5O4/c1-15(31)29-9-7-16(8-10-29)23-13-21-20-12-18(5-6-22(20)28-24(21)14-26-23)27-25(32)17-3-2-4-19(11-17)30(33)34/h2-6,11-14,16,28H,7-10H2,1H3,(H,27,32). The Hall–Kier alpha value is -4.27. The fourth-order valence-corrected chi connectivity index (χ4v) is 4.57. The number of benzene rings is 2. The minimum Gasteiger partial charge on any atom is -0.353 e. The Bertz CT molecular complexity index is 1440. The highest BCUT2D eigenvalue weighted by molar-refractivity contribution is 6.10. The second-order valence-electron chi connectivity index (χ2n) is 8.58. The van der Waals surface area contributed by atoms with Crippen LogP contribution < -0.4 is 5.32 Å². The van der Waals surface area contributed by atoms with Crippen LogP contribution in [-0.2, 0) is 4.79 Å². The van der Waals surface area contributed by atoms with Gasteiger partial charge in [0.25, 0.3) is 11.6 Å². The van der Waals surface area contributed by atoms with Crippen LogP contribution in [0.3, 0.4) is 0 Å². The molecule has 0 bridgehead atoms. The summed E-state index contributed by atoms with van der Waals surface area (Å²) in [6.07, 6.45) is 3.60. The van der Waals surface area contributed by atoms with E-state index in [-0.39, 0.29) is 17.2 Å². The average molecular weight is 457 g/mol. The highest BCUT2D eigenvalue weighted by atomic mass is 16.6. The predicted octanol–water partition coefficient (Wildman–Crippen LogP) is 4.60. The van der Waals surface area contributed by atoms with E-state index in [0.29, 0.717) is 11.6 Å². The zero-order valence-electron chi connectivity index (χ0n) is 18.6. The van der Waals surface area contributed by atoms with Crippen molar-refractivity contribution in [2.45, 2.75) is 25.7 Å². The van der Waals surface area contributed by atoms with E-state index in [1.54, 1.807) is 19.1 Å². The second-order valence-corrected chi connectivity index (χ2v) is 8.58. The number of amides is 2. The summed E-state index contributed by atoms with van der Waals surface area (Å²) in [6.45, 7) is 3.08. The number of H-pyrrole nitrogens is 1. The van der Waals surface area contributed by atoms with Gasteiger partial charge < -0.3 is 15.2 Å². The number of anilines is 1. The monoisotopic (exact) mass is 457 g/mol.